The van der Waals surface area contributed by atoms with E-state index in [1.807, 2.05) is 0 Å². The second kappa shape index (κ2) is 9.51. The van der Waals surface area contributed by atoms with Crippen molar-refractivity contribution in [3.8, 4) is 16.9 Å². The molecular formula is C23H28F2N2O3. The quantitative estimate of drug-likeness (QED) is 0.619. The number of likely N-dealkylation sites (tertiary alicyclic amines) is 1. The number of halogens is 2. The molecule has 0 aliphatic carbocycles. The van der Waals surface area contributed by atoms with E-state index in [9.17, 15) is 13.6 Å². The highest BCUT2D eigenvalue weighted by Crippen LogP contribution is 2.27. The van der Waals surface area contributed by atoms with Crippen LogP contribution in [0.1, 0.15) is 37.2 Å². The van der Waals surface area contributed by atoms with Crippen LogP contribution in [0.2, 0.25) is 0 Å². The van der Waals surface area contributed by atoms with Gasteiger partial charge in [0.05, 0.1) is 13.7 Å². The van der Waals surface area contributed by atoms with Crippen LogP contribution in [-0.4, -0.2) is 54.9 Å². The Balaban J connectivity index is 1.54. The summed E-state index contributed by atoms with van der Waals surface area (Å²) < 4.78 is 38.8. The average molecular weight is 418 g/mol. The molecule has 7 heteroatoms. The summed E-state index contributed by atoms with van der Waals surface area (Å²) in [4.78, 5) is 17.6. The normalized spacial score (nSPS) is 15.8. The molecular weight excluding hydrogens is 390 g/mol. The Morgan fingerprint density at radius 2 is 1.97 bits per heavy atom. The number of pyridine rings is 1. The summed E-state index contributed by atoms with van der Waals surface area (Å²) >= 11 is 0. The van der Waals surface area contributed by atoms with E-state index in [0.29, 0.717) is 35.9 Å². The molecule has 0 saturated carbocycles. The summed E-state index contributed by atoms with van der Waals surface area (Å²) in [7, 11) is 1.28. The first-order valence-electron chi connectivity index (χ1n) is 10.1. The molecule has 0 radical (unpaired) electrons. The van der Waals surface area contributed by atoms with Crippen LogP contribution in [0, 0.1) is 11.7 Å². The highest BCUT2D eigenvalue weighted by atomic mass is 19.1. The smallest absolute Gasteiger partial charge is 0.356 e. The van der Waals surface area contributed by atoms with Gasteiger partial charge >= 0.3 is 5.97 Å². The lowest BCUT2D eigenvalue weighted by molar-refractivity contribution is 0.0594. The SMILES string of the molecule is COC(=O)c1ccc(-c2ccc(OCC3CCN(CC(C)(C)F)CC3)cc2F)cn1. The van der Waals surface area contributed by atoms with Crippen molar-refractivity contribution in [2.24, 2.45) is 5.92 Å². The highest BCUT2D eigenvalue weighted by molar-refractivity contribution is 5.87. The summed E-state index contributed by atoms with van der Waals surface area (Å²) in [6.07, 6.45) is 3.32. The van der Waals surface area contributed by atoms with E-state index in [0.717, 1.165) is 25.9 Å². The van der Waals surface area contributed by atoms with Crippen LogP contribution >= 0.6 is 0 Å². The lowest BCUT2D eigenvalue weighted by Gasteiger charge is -2.34. The number of piperidine rings is 1. The summed E-state index contributed by atoms with van der Waals surface area (Å²) in [5, 5.41) is 0. The zero-order valence-electron chi connectivity index (χ0n) is 17.7. The number of hydrogen-bond acceptors (Lipinski definition) is 5. The molecule has 2 aromatic rings. The van der Waals surface area contributed by atoms with Crippen molar-refractivity contribution in [2.75, 3.05) is 33.4 Å². The maximum atomic E-state index is 14.6. The van der Waals surface area contributed by atoms with E-state index in [-0.39, 0.29) is 5.69 Å². The molecule has 0 atom stereocenters. The maximum Gasteiger partial charge on any atom is 0.356 e. The monoisotopic (exact) mass is 418 g/mol. The second-order valence-corrected chi connectivity index (χ2v) is 8.31. The third-order valence-corrected chi connectivity index (χ3v) is 5.20. The minimum Gasteiger partial charge on any atom is -0.493 e. The molecule has 1 saturated heterocycles. The average Bonchev–Trinajstić information content (AvgIpc) is 2.72. The Hall–Kier alpha value is -2.54. The molecule has 5 nitrogen and oxygen atoms in total. The fraction of sp³-hybridized carbons (Fsp3) is 0.478. The Morgan fingerprint density at radius 1 is 1.23 bits per heavy atom. The summed E-state index contributed by atoms with van der Waals surface area (Å²) in [6.45, 7) is 5.87. The second-order valence-electron chi connectivity index (χ2n) is 8.31. The van der Waals surface area contributed by atoms with Crippen LogP contribution < -0.4 is 4.74 Å². The minimum atomic E-state index is -1.18. The van der Waals surface area contributed by atoms with Gasteiger partial charge in [-0.25, -0.2) is 18.6 Å². The molecule has 0 spiro atoms. The van der Waals surface area contributed by atoms with E-state index in [1.165, 1.54) is 25.4 Å². The molecule has 1 fully saturated rings. The van der Waals surface area contributed by atoms with Gasteiger partial charge < -0.3 is 14.4 Å². The number of carbonyl (C=O) groups is 1. The number of methoxy groups -OCH3 is 1. The molecule has 1 aliphatic rings. The van der Waals surface area contributed by atoms with Crippen molar-refractivity contribution in [1.82, 2.24) is 9.88 Å². The molecule has 0 bridgehead atoms. The molecule has 1 aromatic heterocycles. The van der Waals surface area contributed by atoms with E-state index >= 15 is 0 Å². The fourth-order valence-corrected chi connectivity index (χ4v) is 3.66. The minimum absolute atomic E-state index is 0.169. The van der Waals surface area contributed by atoms with E-state index in [1.54, 1.807) is 32.0 Å². The molecule has 30 heavy (non-hydrogen) atoms. The number of hydrogen-bond donors (Lipinski definition) is 0. The van der Waals surface area contributed by atoms with Crippen LogP contribution in [0.5, 0.6) is 5.75 Å². The number of alkyl halides is 1. The molecule has 0 unspecified atom stereocenters. The maximum absolute atomic E-state index is 14.6. The van der Waals surface area contributed by atoms with Crippen LogP contribution in [0.15, 0.2) is 36.5 Å². The van der Waals surface area contributed by atoms with E-state index < -0.39 is 17.5 Å². The van der Waals surface area contributed by atoms with Crippen molar-refractivity contribution in [2.45, 2.75) is 32.4 Å². The molecule has 162 valence electrons. The van der Waals surface area contributed by atoms with Gasteiger partial charge in [0.1, 0.15) is 22.9 Å². The van der Waals surface area contributed by atoms with Gasteiger partial charge in [0, 0.05) is 29.9 Å². The van der Waals surface area contributed by atoms with Crippen molar-refractivity contribution in [3.63, 3.8) is 0 Å². The topological polar surface area (TPSA) is 51.7 Å². The van der Waals surface area contributed by atoms with Crippen molar-refractivity contribution in [1.29, 1.82) is 0 Å². The van der Waals surface area contributed by atoms with Gasteiger partial charge in [-0.1, -0.05) is 6.07 Å². The van der Waals surface area contributed by atoms with Gasteiger partial charge in [-0.15, -0.1) is 0 Å². The fourth-order valence-electron chi connectivity index (χ4n) is 3.66. The molecule has 0 N–H and O–H groups in total. The molecule has 0 amide bonds. The standard InChI is InChI=1S/C23H28F2N2O3/c1-23(2,25)15-27-10-8-16(9-11-27)14-30-18-5-6-19(20(24)12-18)17-4-7-21(26-13-17)22(28)29-3/h4-7,12-13,16H,8-11,14-15H2,1-3H3. The third-order valence-electron chi connectivity index (χ3n) is 5.20. The summed E-state index contributed by atoms with van der Waals surface area (Å²) in [5.41, 5.74) is -0.0661. The van der Waals surface area contributed by atoms with Crippen LogP contribution in [0.3, 0.4) is 0 Å². The van der Waals surface area contributed by atoms with Gasteiger partial charge in [-0.05, 0) is 63.9 Å². The van der Waals surface area contributed by atoms with Crippen LogP contribution in [0.4, 0.5) is 8.78 Å². The summed E-state index contributed by atoms with van der Waals surface area (Å²) in [6, 6.07) is 7.87. The van der Waals surface area contributed by atoms with Gasteiger partial charge in [0.15, 0.2) is 0 Å². The van der Waals surface area contributed by atoms with Crippen LogP contribution in [-0.2, 0) is 4.74 Å². The Bertz CT molecular complexity index is 858. The Kier molecular flexibility index (Phi) is 7.02. The van der Waals surface area contributed by atoms with Gasteiger partial charge in [0.25, 0.3) is 0 Å². The van der Waals surface area contributed by atoms with Gasteiger partial charge in [0.2, 0.25) is 0 Å². The first-order valence-corrected chi connectivity index (χ1v) is 10.1. The van der Waals surface area contributed by atoms with E-state index in [4.69, 9.17) is 4.74 Å². The predicted molar refractivity (Wildman–Crippen MR) is 111 cm³/mol. The third kappa shape index (κ3) is 5.98. The Labute approximate surface area is 176 Å². The highest BCUT2D eigenvalue weighted by Gasteiger charge is 2.25. The number of rotatable bonds is 7. The van der Waals surface area contributed by atoms with Gasteiger partial charge in [-0.2, -0.15) is 0 Å². The number of nitrogens with zero attached hydrogens (tertiary/aromatic N) is 2. The number of aromatic nitrogens is 1. The lowest BCUT2D eigenvalue weighted by atomic mass is 9.97. The van der Waals surface area contributed by atoms with Crippen LogP contribution in [0.25, 0.3) is 11.1 Å². The van der Waals surface area contributed by atoms with Gasteiger partial charge in [-0.3, -0.25) is 0 Å². The largest absolute Gasteiger partial charge is 0.493 e. The number of esters is 1. The summed E-state index contributed by atoms with van der Waals surface area (Å²) in [5.74, 6) is -0.102. The lowest BCUT2D eigenvalue weighted by Crippen LogP contribution is -2.41. The van der Waals surface area contributed by atoms with E-state index in [2.05, 4.69) is 14.6 Å². The number of carbonyl (C=O) groups excluding carboxylic acids is 1. The van der Waals surface area contributed by atoms with Crippen molar-refractivity contribution >= 4 is 5.97 Å². The number of ether oxygens (including phenoxy) is 2. The predicted octanol–water partition coefficient (Wildman–Crippen LogP) is 4.51. The molecule has 3 rings (SSSR count). The Morgan fingerprint density at radius 3 is 2.53 bits per heavy atom. The first-order chi connectivity index (χ1) is 14.2. The number of benzene rings is 1. The molecule has 1 aromatic carbocycles. The van der Waals surface area contributed by atoms with Crippen molar-refractivity contribution < 1.29 is 23.0 Å². The zero-order valence-corrected chi connectivity index (χ0v) is 17.7. The molecule has 1 aliphatic heterocycles. The zero-order chi connectivity index (χ0) is 21.7. The van der Waals surface area contributed by atoms with Crippen molar-refractivity contribution in [3.05, 3.63) is 48.0 Å². The first kappa shape index (κ1) is 22.2. The molecule has 2 heterocycles.